The molecule has 1 aliphatic rings. The maximum atomic E-state index is 13.6. The summed E-state index contributed by atoms with van der Waals surface area (Å²) in [6.45, 7) is 0.105. The van der Waals surface area contributed by atoms with Gasteiger partial charge in [0.15, 0.2) is 5.03 Å². The number of anilines is 1. The summed E-state index contributed by atoms with van der Waals surface area (Å²) in [6.07, 6.45) is 0.527. The number of aromatic nitrogens is 1. The van der Waals surface area contributed by atoms with E-state index in [0.29, 0.717) is 16.3 Å². The van der Waals surface area contributed by atoms with E-state index in [0.717, 1.165) is 0 Å². The highest BCUT2D eigenvalue weighted by molar-refractivity contribution is 7.87. The third-order valence-corrected chi connectivity index (χ3v) is 7.44. The fourth-order valence-corrected chi connectivity index (χ4v) is 5.33. The first kappa shape index (κ1) is 24.3. The van der Waals surface area contributed by atoms with Crippen LogP contribution < -0.4 is 5.32 Å². The molecule has 3 aromatic rings. The summed E-state index contributed by atoms with van der Waals surface area (Å²) in [5.41, 5.74) is 0.510. The minimum atomic E-state index is -4.38. The van der Waals surface area contributed by atoms with Crippen LogP contribution in [0.25, 0.3) is 0 Å². The normalized spacial score (nSPS) is 20.6. The molecule has 0 spiro atoms. The summed E-state index contributed by atoms with van der Waals surface area (Å²) in [5.74, 6) is -0.395. The van der Waals surface area contributed by atoms with E-state index in [1.54, 1.807) is 36.4 Å². The van der Waals surface area contributed by atoms with Gasteiger partial charge in [-0.05, 0) is 54.4 Å². The largest absolute Gasteiger partial charge is 0.425 e. The Labute approximate surface area is 206 Å². The number of carbonyl (C=O) groups is 1. The Morgan fingerprint density at radius 1 is 1.15 bits per heavy atom. The van der Waals surface area contributed by atoms with Gasteiger partial charge in [-0.3, -0.25) is 0 Å². The number of halogens is 3. The first-order valence-electron chi connectivity index (χ1n) is 10.3. The van der Waals surface area contributed by atoms with Gasteiger partial charge in [-0.15, -0.1) is 11.6 Å². The molecule has 1 fully saturated rings. The number of likely N-dealkylation sites (tertiary alicyclic amines) is 1. The fraction of sp³-hybridized carbons (Fsp3) is 0.217. The van der Waals surface area contributed by atoms with E-state index in [1.807, 2.05) is 6.07 Å². The van der Waals surface area contributed by atoms with Crippen molar-refractivity contribution in [3.63, 3.8) is 0 Å². The molecule has 1 aromatic heterocycles. The molecule has 1 amide bonds. The molecule has 1 N–H and O–H groups in total. The van der Waals surface area contributed by atoms with E-state index < -0.39 is 32.9 Å². The quantitative estimate of drug-likeness (QED) is 0.373. The third-order valence-electron chi connectivity index (χ3n) is 5.58. The van der Waals surface area contributed by atoms with Crippen molar-refractivity contribution < 1.29 is 21.8 Å². The molecule has 1 aliphatic heterocycles. The van der Waals surface area contributed by atoms with E-state index in [2.05, 4.69) is 10.3 Å². The number of hydrogen-bond acceptors (Lipinski definition) is 6. The predicted octanol–water partition coefficient (Wildman–Crippen LogP) is 5.02. The van der Waals surface area contributed by atoms with E-state index in [1.165, 1.54) is 35.4 Å². The molecule has 7 nitrogen and oxygen atoms in total. The summed E-state index contributed by atoms with van der Waals surface area (Å²) in [6, 6.07) is 17.2. The van der Waals surface area contributed by atoms with Crippen LogP contribution in [0.2, 0.25) is 5.02 Å². The molecular formula is C23H20Cl2FN3O4S. The Morgan fingerprint density at radius 2 is 1.91 bits per heavy atom. The molecular weight excluding hydrogens is 504 g/mol. The van der Waals surface area contributed by atoms with Crippen LogP contribution in [0.3, 0.4) is 0 Å². The molecule has 2 heterocycles. The van der Waals surface area contributed by atoms with E-state index in [9.17, 15) is 17.6 Å². The van der Waals surface area contributed by atoms with Crippen LogP contribution in [0.15, 0.2) is 78.0 Å². The Hall–Kier alpha value is -2.88. The highest BCUT2D eigenvalue weighted by Crippen LogP contribution is 2.40. The monoisotopic (exact) mass is 523 g/mol. The van der Waals surface area contributed by atoms with Crippen molar-refractivity contribution in [3.8, 4) is 0 Å². The lowest BCUT2D eigenvalue weighted by molar-refractivity contribution is 0.131. The highest BCUT2D eigenvalue weighted by Gasteiger charge is 2.45. The number of alkyl halides is 1. The predicted molar refractivity (Wildman–Crippen MR) is 127 cm³/mol. The zero-order chi connectivity index (χ0) is 24.3. The molecule has 2 atom stereocenters. The smallest absolute Gasteiger partial charge is 0.374 e. The lowest BCUT2D eigenvalue weighted by Crippen LogP contribution is -2.56. The second-order valence-corrected chi connectivity index (χ2v) is 10.2. The number of nitrogens with zero attached hydrogens (tertiary/aromatic N) is 2. The first-order valence-corrected chi connectivity index (χ1v) is 12.5. The van der Waals surface area contributed by atoms with Crippen LogP contribution in [0.4, 0.5) is 14.9 Å². The van der Waals surface area contributed by atoms with Crippen LogP contribution >= 0.6 is 23.2 Å². The molecule has 0 aliphatic carbocycles. The first-order chi connectivity index (χ1) is 16.2. The number of carbonyl (C=O) groups excluding carboxylic acids is 1. The lowest BCUT2D eigenvalue weighted by Gasteiger charge is -2.46. The molecule has 0 saturated carbocycles. The Kier molecular flexibility index (Phi) is 6.97. The number of rotatable bonds is 5. The number of piperidine rings is 1. The molecule has 34 heavy (non-hydrogen) atoms. The second-order valence-electron chi connectivity index (χ2n) is 7.75. The minimum absolute atomic E-state index is 0.0247. The highest BCUT2D eigenvalue weighted by atomic mass is 35.5. The van der Waals surface area contributed by atoms with Gasteiger partial charge in [0.2, 0.25) is 0 Å². The summed E-state index contributed by atoms with van der Waals surface area (Å²) >= 11 is 13.0. The third kappa shape index (κ3) is 5.11. The van der Waals surface area contributed by atoms with Crippen LogP contribution in [0.5, 0.6) is 0 Å². The van der Waals surface area contributed by atoms with Gasteiger partial charge >= 0.3 is 16.2 Å². The van der Waals surface area contributed by atoms with Gasteiger partial charge < -0.3 is 14.4 Å². The van der Waals surface area contributed by atoms with Gasteiger partial charge in [0.05, 0.1) is 10.9 Å². The van der Waals surface area contributed by atoms with E-state index in [4.69, 9.17) is 27.4 Å². The Balaban J connectivity index is 1.58. The van der Waals surface area contributed by atoms with Gasteiger partial charge in [0, 0.05) is 30.0 Å². The van der Waals surface area contributed by atoms with Crippen molar-refractivity contribution in [2.45, 2.75) is 22.4 Å². The molecule has 2 aromatic carbocycles. The minimum Gasteiger partial charge on any atom is -0.374 e. The molecule has 2 unspecified atom stereocenters. The topological polar surface area (TPSA) is 88.6 Å². The zero-order valence-electron chi connectivity index (χ0n) is 17.7. The molecule has 11 heteroatoms. The van der Waals surface area contributed by atoms with Gasteiger partial charge in [-0.25, -0.2) is 14.2 Å². The summed E-state index contributed by atoms with van der Waals surface area (Å²) in [7, 11) is -4.38. The maximum Gasteiger partial charge on any atom is 0.425 e. The molecule has 1 saturated heterocycles. The Morgan fingerprint density at radius 3 is 2.56 bits per heavy atom. The summed E-state index contributed by atoms with van der Waals surface area (Å²) in [5, 5.41) is 2.83. The van der Waals surface area contributed by atoms with Crippen LogP contribution in [0, 0.1) is 5.82 Å². The Bertz CT molecular complexity index is 1280. The van der Waals surface area contributed by atoms with Crippen molar-refractivity contribution in [2.75, 3.05) is 18.4 Å². The lowest BCUT2D eigenvalue weighted by atomic mass is 9.80. The summed E-state index contributed by atoms with van der Waals surface area (Å²) < 4.78 is 43.2. The van der Waals surface area contributed by atoms with Crippen LogP contribution in [0.1, 0.15) is 12.0 Å². The average molecular weight is 524 g/mol. The van der Waals surface area contributed by atoms with Crippen molar-refractivity contribution >= 4 is 45.1 Å². The van der Waals surface area contributed by atoms with Gasteiger partial charge in [-0.1, -0.05) is 35.9 Å². The van der Waals surface area contributed by atoms with Gasteiger partial charge in [-0.2, -0.15) is 8.42 Å². The van der Waals surface area contributed by atoms with Crippen molar-refractivity contribution in [1.29, 1.82) is 0 Å². The molecule has 178 valence electrons. The van der Waals surface area contributed by atoms with Gasteiger partial charge in [0.1, 0.15) is 5.82 Å². The van der Waals surface area contributed by atoms with Gasteiger partial charge in [0.25, 0.3) is 0 Å². The number of nitrogens with one attached hydrogen (secondary N) is 1. The van der Waals surface area contributed by atoms with Crippen molar-refractivity contribution in [1.82, 2.24) is 9.88 Å². The molecule has 0 radical (unpaired) electrons. The zero-order valence-corrected chi connectivity index (χ0v) is 20.0. The number of hydrogen-bond donors (Lipinski definition) is 1. The number of pyridine rings is 1. The average Bonchev–Trinajstić information content (AvgIpc) is 2.81. The molecule has 4 rings (SSSR count). The maximum absolute atomic E-state index is 13.6. The SMILES string of the molecule is O=C(OS(=O)(=O)c1ccccn1)N1CCC(Nc2cccc(Cl)c2)(c2ccc(F)cc2)C(Cl)C1. The second kappa shape index (κ2) is 9.77. The van der Waals surface area contributed by atoms with Crippen LogP contribution in [-0.4, -0.2) is 42.9 Å². The number of amides is 1. The fourth-order valence-electron chi connectivity index (χ4n) is 3.87. The van der Waals surface area contributed by atoms with Crippen molar-refractivity contribution in [3.05, 3.63) is 89.3 Å². The molecule has 0 bridgehead atoms. The van der Waals surface area contributed by atoms with E-state index >= 15 is 0 Å². The van der Waals surface area contributed by atoms with E-state index in [-0.39, 0.29) is 24.5 Å². The standard InChI is InChI=1S/C23H20Cl2FN3O4S/c24-17-4-3-5-19(14-17)28-23(16-7-9-18(26)10-8-16)11-13-29(15-20(23)25)22(30)33-34(31,32)21-6-1-2-12-27-21/h1-10,12,14,20,28H,11,13,15H2. The van der Waals surface area contributed by atoms with Crippen molar-refractivity contribution in [2.24, 2.45) is 0 Å². The summed E-state index contributed by atoms with van der Waals surface area (Å²) in [4.78, 5) is 17.6. The number of benzene rings is 2. The van der Waals surface area contributed by atoms with Crippen LogP contribution in [-0.2, 0) is 19.8 Å².